The Balaban J connectivity index is 1.46. The molecule has 1 fully saturated rings. The third-order valence-corrected chi connectivity index (χ3v) is 7.72. The molecule has 0 saturated carbocycles. The maximum absolute atomic E-state index is 14.8. The number of carbonyl (C=O) groups excluding carboxylic acids is 2. The van der Waals surface area contributed by atoms with Crippen molar-refractivity contribution in [3.05, 3.63) is 47.4 Å². The van der Waals surface area contributed by atoms with Crippen molar-refractivity contribution in [1.29, 1.82) is 0 Å². The molecule has 1 saturated heterocycles. The summed E-state index contributed by atoms with van der Waals surface area (Å²) >= 11 is 0. The predicted molar refractivity (Wildman–Crippen MR) is 146 cm³/mol. The molecule has 5 heterocycles. The van der Waals surface area contributed by atoms with Gasteiger partial charge in [0.25, 0.3) is 0 Å². The Morgan fingerprint density at radius 3 is 2.90 bits per heavy atom. The molecule has 2 aliphatic heterocycles. The Kier molecular flexibility index (Phi) is 5.96. The molecule has 2 amide bonds. The van der Waals surface area contributed by atoms with Crippen LogP contribution >= 0.6 is 0 Å². The average molecular weight is 531 g/mol. The number of carbonyl (C=O) groups is 2. The first-order chi connectivity index (χ1) is 18.6. The molecule has 3 aromatic heterocycles. The van der Waals surface area contributed by atoms with Crippen molar-refractivity contribution in [1.82, 2.24) is 30.0 Å². The molecule has 0 radical (unpaired) electrons. The molecule has 0 spiro atoms. The third-order valence-electron chi connectivity index (χ3n) is 7.72. The maximum Gasteiger partial charge on any atom is 0.235 e. The zero-order valence-corrected chi connectivity index (χ0v) is 22.5. The molecule has 39 heavy (non-hydrogen) atoms. The highest BCUT2D eigenvalue weighted by Gasteiger charge is 2.44. The van der Waals surface area contributed by atoms with E-state index in [-0.39, 0.29) is 36.1 Å². The van der Waals surface area contributed by atoms with Crippen LogP contribution in [0.3, 0.4) is 0 Å². The number of hydrogen-bond acceptors (Lipinski definition) is 7. The van der Waals surface area contributed by atoms with E-state index < -0.39 is 5.41 Å². The fourth-order valence-electron chi connectivity index (χ4n) is 5.62. The topological polar surface area (TPSA) is 118 Å². The Morgan fingerprint density at radius 1 is 1.31 bits per heavy atom. The Labute approximate surface area is 225 Å². The number of rotatable bonds is 5. The molecule has 3 aromatic rings. The molecule has 2 unspecified atom stereocenters. The second-order valence-electron chi connectivity index (χ2n) is 11.2. The van der Waals surface area contributed by atoms with E-state index in [4.69, 9.17) is 15.1 Å². The second kappa shape index (κ2) is 9.25. The van der Waals surface area contributed by atoms with Gasteiger partial charge in [0.15, 0.2) is 11.5 Å². The molecular formula is C28H31FN8O2. The standard InChI is InChI=1S/C28H31FN8O2/c1-15-7-8-17(20(29)12-15)13-37-25-19(6-5-10-30-25)22(35-37)24-32-23-21(28(3,4)27(39)34-23)26(33-24)36-11-9-18(14-36)31-16(2)38/h5-8,10,15,18H,9,11-14H2,1-4H3,(H,31,38)(H,32,33,34,39). The largest absolute Gasteiger partial charge is 0.354 e. The highest BCUT2D eigenvalue weighted by atomic mass is 19.1. The first-order valence-corrected chi connectivity index (χ1v) is 13.3. The molecule has 202 valence electrons. The quantitative estimate of drug-likeness (QED) is 0.517. The van der Waals surface area contributed by atoms with Crippen molar-refractivity contribution in [2.45, 2.75) is 58.5 Å². The fraction of sp³-hybridized carbons (Fsp3) is 0.429. The van der Waals surface area contributed by atoms with Crippen LogP contribution in [0.15, 0.2) is 41.9 Å². The van der Waals surface area contributed by atoms with Gasteiger partial charge in [-0.15, -0.1) is 0 Å². The number of nitrogens with zero attached hydrogens (tertiary/aromatic N) is 6. The van der Waals surface area contributed by atoms with Crippen LogP contribution in [0.1, 0.15) is 46.1 Å². The van der Waals surface area contributed by atoms with Gasteiger partial charge in [-0.2, -0.15) is 5.10 Å². The highest BCUT2D eigenvalue weighted by molar-refractivity contribution is 6.06. The number of hydrogen-bond donors (Lipinski definition) is 2. The van der Waals surface area contributed by atoms with Crippen molar-refractivity contribution in [2.24, 2.45) is 5.92 Å². The monoisotopic (exact) mass is 530 g/mol. The van der Waals surface area contributed by atoms with Crippen LogP contribution in [0.2, 0.25) is 0 Å². The molecule has 1 aliphatic carbocycles. The first kappa shape index (κ1) is 25.1. The van der Waals surface area contributed by atoms with E-state index in [1.165, 1.54) is 6.92 Å². The summed E-state index contributed by atoms with van der Waals surface area (Å²) in [6.45, 7) is 8.69. The molecule has 3 aliphatic rings. The number of pyridine rings is 1. The Bertz CT molecular complexity index is 1570. The minimum absolute atomic E-state index is 0.0107. The van der Waals surface area contributed by atoms with E-state index in [0.717, 1.165) is 17.4 Å². The molecule has 0 aromatic carbocycles. The van der Waals surface area contributed by atoms with Gasteiger partial charge >= 0.3 is 0 Å². The summed E-state index contributed by atoms with van der Waals surface area (Å²) in [6.07, 6.45) is 6.64. The van der Waals surface area contributed by atoms with Crippen LogP contribution < -0.4 is 15.5 Å². The van der Waals surface area contributed by atoms with Gasteiger partial charge in [0.2, 0.25) is 11.8 Å². The smallest absolute Gasteiger partial charge is 0.235 e. The number of nitrogens with one attached hydrogen (secondary N) is 2. The zero-order valence-electron chi connectivity index (χ0n) is 22.5. The van der Waals surface area contributed by atoms with Crippen molar-refractivity contribution >= 4 is 34.5 Å². The molecule has 2 atom stereocenters. The van der Waals surface area contributed by atoms with Gasteiger partial charge < -0.3 is 15.5 Å². The van der Waals surface area contributed by atoms with Crippen molar-refractivity contribution in [3.63, 3.8) is 0 Å². The summed E-state index contributed by atoms with van der Waals surface area (Å²) in [5.74, 6) is 1.24. The first-order valence-electron chi connectivity index (χ1n) is 13.3. The molecular weight excluding hydrogens is 499 g/mol. The summed E-state index contributed by atoms with van der Waals surface area (Å²) in [5.41, 5.74) is 1.58. The van der Waals surface area contributed by atoms with Gasteiger partial charge in [0.05, 0.1) is 22.9 Å². The summed E-state index contributed by atoms with van der Waals surface area (Å²) in [5, 5.41) is 11.5. The van der Waals surface area contributed by atoms with E-state index in [2.05, 4.69) is 20.5 Å². The Hall–Kier alpha value is -4.15. The van der Waals surface area contributed by atoms with Crippen LogP contribution in [0.4, 0.5) is 16.0 Å². The summed E-state index contributed by atoms with van der Waals surface area (Å²) < 4.78 is 16.5. The number of allylic oxidation sites excluding steroid dienone is 4. The van der Waals surface area contributed by atoms with Gasteiger partial charge in [-0.3, -0.25) is 9.59 Å². The lowest BCUT2D eigenvalue weighted by Crippen LogP contribution is -2.36. The van der Waals surface area contributed by atoms with Gasteiger partial charge in [0.1, 0.15) is 23.2 Å². The van der Waals surface area contributed by atoms with Crippen molar-refractivity contribution in [3.8, 4) is 11.5 Å². The minimum Gasteiger partial charge on any atom is -0.354 e. The van der Waals surface area contributed by atoms with Crippen LogP contribution in [-0.4, -0.2) is 55.7 Å². The summed E-state index contributed by atoms with van der Waals surface area (Å²) in [7, 11) is 0. The van der Waals surface area contributed by atoms with Crippen LogP contribution in [-0.2, 0) is 21.5 Å². The number of anilines is 2. The van der Waals surface area contributed by atoms with Crippen LogP contribution in [0.25, 0.3) is 22.6 Å². The van der Waals surface area contributed by atoms with Gasteiger partial charge in [-0.25, -0.2) is 24.0 Å². The van der Waals surface area contributed by atoms with E-state index in [0.29, 0.717) is 53.9 Å². The average Bonchev–Trinajstić information content (AvgIpc) is 3.55. The SMILES string of the molecule is CC(=O)NC1CCN(c2nc(-c3nn(CC4=C(F)CC(C)C=C4)c4ncccc34)nc3c2C(C)(C)C(=O)N3)C1. The lowest BCUT2D eigenvalue weighted by molar-refractivity contribution is -0.120. The van der Waals surface area contributed by atoms with Crippen molar-refractivity contribution in [2.75, 3.05) is 23.3 Å². The lowest BCUT2D eigenvalue weighted by atomic mass is 9.87. The van der Waals surface area contributed by atoms with E-state index in [9.17, 15) is 14.0 Å². The molecule has 10 nitrogen and oxygen atoms in total. The number of halogens is 1. The minimum atomic E-state index is -0.827. The summed E-state index contributed by atoms with van der Waals surface area (Å²) in [4.78, 5) is 41.0. The summed E-state index contributed by atoms with van der Waals surface area (Å²) in [6, 6.07) is 3.70. The normalized spacial score (nSPS) is 22.0. The Morgan fingerprint density at radius 2 is 2.13 bits per heavy atom. The molecule has 2 N–H and O–H groups in total. The van der Waals surface area contributed by atoms with Gasteiger partial charge in [-0.05, 0) is 38.3 Å². The van der Waals surface area contributed by atoms with Gasteiger partial charge in [-0.1, -0.05) is 19.1 Å². The maximum atomic E-state index is 14.8. The van der Waals surface area contributed by atoms with Gasteiger partial charge in [0, 0.05) is 44.2 Å². The molecule has 6 rings (SSSR count). The number of amides is 2. The zero-order chi connectivity index (χ0) is 27.5. The number of fused-ring (bicyclic) bond motifs is 2. The van der Waals surface area contributed by atoms with E-state index in [1.54, 1.807) is 10.9 Å². The van der Waals surface area contributed by atoms with E-state index >= 15 is 0 Å². The predicted octanol–water partition coefficient (Wildman–Crippen LogP) is 3.65. The molecule has 0 bridgehead atoms. The van der Waals surface area contributed by atoms with Crippen LogP contribution in [0.5, 0.6) is 0 Å². The van der Waals surface area contributed by atoms with Crippen molar-refractivity contribution < 1.29 is 14.0 Å². The van der Waals surface area contributed by atoms with E-state index in [1.807, 2.05) is 45.1 Å². The molecule has 11 heteroatoms. The lowest BCUT2D eigenvalue weighted by Gasteiger charge is -2.25. The van der Waals surface area contributed by atoms with Crippen LogP contribution in [0, 0.1) is 5.92 Å². The highest BCUT2D eigenvalue weighted by Crippen LogP contribution is 2.44. The second-order valence-corrected chi connectivity index (χ2v) is 11.2. The fourth-order valence-corrected chi connectivity index (χ4v) is 5.62. The third kappa shape index (κ3) is 4.35. The number of aromatic nitrogens is 5.